The summed E-state index contributed by atoms with van der Waals surface area (Å²) in [4.78, 5) is 0. The van der Waals surface area contributed by atoms with Crippen LogP contribution in [0.4, 0.5) is 13.2 Å². The lowest BCUT2D eigenvalue weighted by Crippen LogP contribution is -2.32. The fraction of sp³-hybridized carbons (Fsp3) is 0.889. The van der Waals surface area contributed by atoms with Crippen molar-refractivity contribution in [3.05, 3.63) is 0 Å². The monoisotopic (exact) mass is 242 g/mol. The minimum atomic E-state index is -4.29. The first-order valence-corrected chi connectivity index (χ1v) is 4.81. The smallest absolute Gasteiger partial charge is 0.409 e. The third kappa shape index (κ3) is 6.49. The summed E-state index contributed by atoms with van der Waals surface area (Å²) in [7, 11) is 0. The van der Waals surface area contributed by atoms with E-state index in [1.165, 1.54) is 0 Å². The molecule has 0 aromatic rings. The van der Waals surface area contributed by atoms with Crippen molar-refractivity contribution in [2.45, 2.75) is 32.9 Å². The molecule has 0 atom stereocenters. The van der Waals surface area contributed by atoms with Gasteiger partial charge in [-0.05, 0) is 12.8 Å². The molecule has 0 unspecified atom stereocenters. The summed E-state index contributed by atoms with van der Waals surface area (Å²) < 4.78 is 39.5. The summed E-state index contributed by atoms with van der Waals surface area (Å²) >= 11 is 0. The van der Waals surface area contributed by atoms with Crippen LogP contribution in [0, 0.1) is 5.41 Å². The Bertz CT molecular complexity index is 239. The van der Waals surface area contributed by atoms with Crippen molar-refractivity contribution in [3.8, 4) is 0 Å². The molecule has 0 aromatic carbocycles. The fourth-order valence-electron chi connectivity index (χ4n) is 1.07. The highest BCUT2D eigenvalue weighted by Crippen LogP contribution is 2.22. The predicted molar refractivity (Wildman–Crippen MR) is 53.3 cm³/mol. The lowest BCUT2D eigenvalue weighted by molar-refractivity contribution is -0.174. The Morgan fingerprint density at radius 2 is 1.94 bits per heavy atom. The summed E-state index contributed by atoms with van der Waals surface area (Å²) in [5.41, 5.74) is 4.87. The molecule has 0 bridgehead atoms. The predicted octanol–water partition coefficient (Wildman–Crippen LogP) is 2.12. The molecule has 0 aliphatic heterocycles. The summed E-state index contributed by atoms with van der Waals surface area (Å²) in [6, 6.07) is 0. The molecule has 0 aromatic heterocycles. The number of oxime groups is 1. The van der Waals surface area contributed by atoms with Crippen molar-refractivity contribution >= 4 is 5.84 Å². The topological polar surface area (TPSA) is 67.8 Å². The third-order valence-corrected chi connectivity index (χ3v) is 2.16. The summed E-state index contributed by atoms with van der Waals surface area (Å²) in [6.45, 7) is 2.25. The number of rotatable bonds is 6. The lowest BCUT2D eigenvalue weighted by Gasteiger charge is -2.22. The van der Waals surface area contributed by atoms with E-state index in [1.54, 1.807) is 13.8 Å². The number of alkyl halides is 3. The van der Waals surface area contributed by atoms with E-state index in [1.807, 2.05) is 0 Å². The molecule has 0 amide bonds. The van der Waals surface area contributed by atoms with Gasteiger partial charge < -0.3 is 15.7 Å². The van der Waals surface area contributed by atoms with Gasteiger partial charge in [-0.15, -0.1) is 0 Å². The maximum absolute atomic E-state index is 11.7. The highest BCUT2D eigenvalue weighted by molar-refractivity contribution is 5.85. The minimum absolute atomic E-state index is 0.00164. The van der Waals surface area contributed by atoms with Crippen molar-refractivity contribution in [3.63, 3.8) is 0 Å². The van der Waals surface area contributed by atoms with Crippen LogP contribution in [0.25, 0.3) is 0 Å². The Kier molecular flexibility index (Phi) is 5.57. The molecular weight excluding hydrogens is 225 g/mol. The molecule has 0 saturated heterocycles. The molecule has 0 saturated carbocycles. The average Bonchev–Trinajstić information content (AvgIpc) is 2.14. The first-order valence-electron chi connectivity index (χ1n) is 4.81. The maximum atomic E-state index is 11.7. The Labute approximate surface area is 92.3 Å². The second-order valence-electron chi connectivity index (χ2n) is 4.14. The quantitative estimate of drug-likeness (QED) is 0.246. The number of hydrogen-bond donors (Lipinski definition) is 2. The Morgan fingerprint density at radius 3 is 2.38 bits per heavy atom. The number of nitrogens with zero attached hydrogens (tertiary/aromatic N) is 1. The normalized spacial score (nSPS) is 14.2. The molecular formula is C9H17F3N2O2. The van der Waals surface area contributed by atoms with E-state index in [2.05, 4.69) is 9.89 Å². The molecule has 0 fully saturated rings. The van der Waals surface area contributed by atoms with Gasteiger partial charge in [0.25, 0.3) is 0 Å². The van der Waals surface area contributed by atoms with E-state index < -0.39 is 18.2 Å². The largest absolute Gasteiger partial charge is 0.411 e. The zero-order valence-corrected chi connectivity index (χ0v) is 9.34. The van der Waals surface area contributed by atoms with Gasteiger partial charge in [0, 0.05) is 12.0 Å². The highest BCUT2D eigenvalue weighted by Gasteiger charge is 2.27. The van der Waals surface area contributed by atoms with Crippen LogP contribution in [0.3, 0.4) is 0 Å². The van der Waals surface area contributed by atoms with Crippen molar-refractivity contribution in [1.82, 2.24) is 0 Å². The Hall–Kier alpha value is -0.980. The van der Waals surface area contributed by atoms with Crippen LogP contribution in [0.15, 0.2) is 5.16 Å². The van der Waals surface area contributed by atoms with Crippen molar-refractivity contribution in [2.24, 2.45) is 16.3 Å². The fourth-order valence-corrected chi connectivity index (χ4v) is 1.07. The van der Waals surface area contributed by atoms with Crippen LogP contribution < -0.4 is 5.73 Å². The van der Waals surface area contributed by atoms with E-state index in [-0.39, 0.29) is 12.4 Å². The zero-order chi connectivity index (χ0) is 12.8. The number of ether oxygens (including phenoxy) is 1. The second kappa shape index (κ2) is 5.93. The van der Waals surface area contributed by atoms with Gasteiger partial charge in [0.05, 0.1) is 0 Å². The highest BCUT2D eigenvalue weighted by atomic mass is 19.4. The van der Waals surface area contributed by atoms with Gasteiger partial charge in [-0.2, -0.15) is 13.2 Å². The molecule has 0 rings (SSSR count). The maximum Gasteiger partial charge on any atom is 0.411 e. The third-order valence-electron chi connectivity index (χ3n) is 2.16. The zero-order valence-electron chi connectivity index (χ0n) is 9.34. The van der Waals surface area contributed by atoms with Crippen LogP contribution in [-0.2, 0) is 4.74 Å². The van der Waals surface area contributed by atoms with Gasteiger partial charge >= 0.3 is 6.18 Å². The van der Waals surface area contributed by atoms with Crippen molar-refractivity contribution in [2.75, 3.05) is 13.2 Å². The first-order chi connectivity index (χ1) is 7.19. The van der Waals surface area contributed by atoms with E-state index in [4.69, 9.17) is 10.9 Å². The summed E-state index contributed by atoms with van der Waals surface area (Å²) in [5, 5.41) is 11.3. The summed E-state index contributed by atoms with van der Waals surface area (Å²) in [5.74, 6) is 0.0586. The lowest BCUT2D eigenvalue weighted by atomic mass is 9.87. The molecule has 0 spiro atoms. The number of halogens is 3. The van der Waals surface area contributed by atoms with Crippen molar-refractivity contribution < 1.29 is 23.1 Å². The van der Waals surface area contributed by atoms with Crippen LogP contribution in [0.5, 0.6) is 0 Å². The molecule has 0 aliphatic rings. The van der Waals surface area contributed by atoms with Crippen molar-refractivity contribution in [1.29, 1.82) is 0 Å². The Balaban J connectivity index is 3.75. The van der Waals surface area contributed by atoms with E-state index in [0.717, 1.165) is 0 Å². The van der Waals surface area contributed by atoms with Gasteiger partial charge in [0.1, 0.15) is 12.4 Å². The molecule has 96 valence electrons. The molecule has 7 heteroatoms. The number of nitrogens with two attached hydrogens (primary N) is 1. The molecule has 0 aliphatic carbocycles. The second-order valence-corrected chi connectivity index (χ2v) is 4.14. The molecule has 16 heavy (non-hydrogen) atoms. The van der Waals surface area contributed by atoms with Gasteiger partial charge in [-0.1, -0.05) is 19.0 Å². The first kappa shape index (κ1) is 15.0. The SMILES string of the molecule is CC(C)(CCCOCC(F)(F)F)C(N)=NO. The van der Waals surface area contributed by atoms with E-state index >= 15 is 0 Å². The van der Waals surface area contributed by atoms with Gasteiger partial charge in [-0.25, -0.2) is 0 Å². The van der Waals surface area contributed by atoms with Crippen LogP contribution in [0.1, 0.15) is 26.7 Å². The molecule has 0 heterocycles. The van der Waals surface area contributed by atoms with Crippen LogP contribution >= 0.6 is 0 Å². The average molecular weight is 242 g/mol. The molecule has 4 nitrogen and oxygen atoms in total. The van der Waals surface area contributed by atoms with E-state index in [0.29, 0.717) is 12.8 Å². The van der Waals surface area contributed by atoms with Gasteiger partial charge in [0.15, 0.2) is 0 Å². The minimum Gasteiger partial charge on any atom is -0.409 e. The standard InChI is InChI=1S/C9H17F3N2O2/c1-8(2,7(13)14-15)4-3-5-16-6-9(10,11)12/h15H,3-6H2,1-2H3,(H2,13,14). The van der Waals surface area contributed by atoms with E-state index in [9.17, 15) is 13.2 Å². The molecule has 0 radical (unpaired) electrons. The molecule has 3 N–H and O–H groups in total. The Morgan fingerprint density at radius 1 is 1.38 bits per heavy atom. The van der Waals surface area contributed by atoms with Crippen LogP contribution in [0.2, 0.25) is 0 Å². The van der Waals surface area contributed by atoms with Gasteiger partial charge in [-0.3, -0.25) is 0 Å². The summed E-state index contributed by atoms with van der Waals surface area (Å²) in [6.07, 6.45) is -3.39. The van der Waals surface area contributed by atoms with Crippen LogP contribution in [-0.4, -0.2) is 30.4 Å². The number of hydrogen-bond acceptors (Lipinski definition) is 3. The number of amidine groups is 1. The van der Waals surface area contributed by atoms with Gasteiger partial charge in [0.2, 0.25) is 0 Å².